The Morgan fingerprint density at radius 1 is 1.00 bits per heavy atom. The lowest BCUT2D eigenvalue weighted by Gasteiger charge is -2.19. The smallest absolute Gasteiger partial charge is 0.139 e. The zero-order valence-corrected chi connectivity index (χ0v) is 10.8. The third-order valence-corrected chi connectivity index (χ3v) is 7.58. The number of rotatable bonds is 0. The zero-order chi connectivity index (χ0) is 9.73. The molecule has 0 spiro atoms. The second-order valence-corrected chi connectivity index (χ2v) is 10.7. The minimum atomic E-state index is -1.47. The standard InChI is InChI=1S/C10H23OP2/c1-12-7-3-5-9-13(2,11)10-6-4-8-12/h11H,3-10H2,1-2H3/q+1. The fraction of sp³-hybridized carbons (Fsp3) is 1.00. The molecule has 1 saturated heterocycles. The molecule has 0 aromatic heterocycles. The molecule has 0 aromatic carbocycles. The van der Waals surface area contributed by atoms with Gasteiger partial charge in [0.15, 0.2) is 0 Å². The third kappa shape index (κ3) is 5.31. The Balaban J connectivity index is 2.33. The Kier molecular flexibility index (Phi) is 5.16. The van der Waals surface area contributed by atoms with Crippen LogP contribution < -0.4 is 0 Å². The van der Waals surface area contributed by atoms with Crippen LogP contribution in [-0.2, 0) is 0 Å². The maximum Gasteiger partial charge on any atom is 0.139 e. The molecule has 1 fully saturated rings. The van der Waals surface area contributed by atoms with Crippen LogP contribution in [-0.4, -0.2) is 42.9 Å². The van der Waals surface area contributed by atoms with Crippen LogP contribution in [0, 0.1) is 0 Å². The van der Waals surface area contributed by atoms with Gasteiger partial charge in [-0.25, -0.2) is 0 Å². The van der Waals surface area contributed by atoms with Gasteiger partial charge in [-0.1, -0.05) is 0 Å². The molecule has 0 saturated carbocycles. The third-order valence-electron chi connectivity index (χ3n) is 2.86. The normalized spacial score (nSPS) is 38.5. The van der Waals surface area contributed by atoms with Crippen LogP contribution in [0.1, 0.15) is 25.7 Å². The van der Waals surface area contributed by atoms with E-state index >= 15 is 0 Å². The molecule has 1 aliphatic heterocycles. The van der Waals surface area contributed by atoms with Crippen molar-refractivity contribution in [2.75, 3.05) is 38.0 Å². The van der Waals surface area contributed by atoms with E-state index in [4.69, 9.17) is 0 Å². The molecule has 0 atom stereocenters. The summed E-state index contributed by atoms with van der Waals surface area (Å²) in [6.07, 6.45) is 10.4. The molecule has 1 heterocycles. The molecule has 1 N–H and O–H groups in total. The molecule has 0 aromatic rings. The summed E-state index contributed by atoms with van der Waals surface area (Å²) in [7, 11) is -1.13. The Bertz CT molecular complexity index is 134. The van der Waals surface area contributed by atoms with Gasteiger partial charge in [-0.3, -0.25) is 4.89 Å². The first kappa shape index (κ1) is 11.9. The fourth-order valence-corrected chi connectivity index (χ4v) is 5.68. The topological polar surface area (TPSA) is 20.2 Å². The van der Waals surface area contributed by atoms with Gasteiger partial charge in [-0.2, -0.15) is 0 Å². The minimum absolute atomic E-state index is 0.336. The van der Waals surface area contributed by atoms with E-state index in [2.05, 4.69) is 13.3 Å². The Hall–Kier alpha value is 0.820. The van der Waals surface area contributed by atoms with Gasteiger partial charge in [0.05, 0.1) is 19.0 Å². The zero-order valence-electron chi connectivity index (χ0n) is 9.00. The summed E-state index contributed by atoms with van der Waals surface area (Å²) in [6, 6.07) is 0. The molecule has 0 radical (unpaired) electrons. The van der Waals surface area contributed by atoms with E-state index in [9.17, 15) is 4.89 Å². The highest BCUT2D eigenvalue weighted by molar-refractivity contribution is 7.69. The first-order chi connectivity index (χ1) is 6.10. The van der Waals surface area contributed by atoms with Crippen molar-refractivity contribution in [3.8, 4) is 0 Å². The summed E-state index contributed by atoms with van der Waals surface area (Å²) < 4.78 is 0. The molecule has 13 heavy (non-hydrogen) atoms. The summed E-state index contributed by atoms with van der Waals surface area (Å²) in [5, 5.41) is 0. The number of hydrogen-bond donors (Lipinski definition) is 1. The molecule has 1 nitrogen and oxygen atoms in total. The lowest BCUT2D eigenvalue weighted by atomic mass is 10.4. The minimum Gasteiger partial charge on any atom is -0.252 e. The van der Waals surface area contributed by atoms with Crippen LogP contribution in [0.4, 0.5) is 0 Å². The second kappa shape index (κ2) is 5.64. The molecular weight excluding hydrogens is 198 g/mol. The molecule has 78 valence electrons. The highest BCUT2D eigenvalue weighted by Gasteiger charge is 2.27. The van der Waals surface area contributed by atoms with Crippen molar-refractivity contribution >= 4 is 15.4 Å². The highest BCUT2D eigenvalue weighted by Crippen LogP contribution is 2.52. The fourth-order valence-electron chi connectivity index (χ4n) is 1.89. The molecule has 0 amide bonds. The lowest BCUT2D eigenvalue weighted by Crippen LogP contribution is -2.05. The molecule has 0 aliphatic carbocycles. The van der Waals surface area contributed by atoms with Gasteiger partial charge in [-0.05, 0) is 44.7 Å². The summed E-state index contributed by atoms with van der Waals surface area (Å²) in [5.41, 5.74) is 0. The molecule has 1 rings (SSSR count). The van der Waals surface area contributed by atoms with Crippen molar-refractivity contribution in [2.24, 2.45) is 0 Å². The largest absolute Gasteiger partial charge is 0.252 e. The van der Waals surface area contributed by atoms with Gasteiger partial charge < -0.3 is 0 Å². The second-order valence-electron chi connectivity index (χ2n) is 4.50. The predicted octanol–water partition coefficient (Wildman–Crippen LogP) is 3.23. The van der Waals surface area contributed by atoms with Gasteiger partial charge in [0.2, 0.25) is 0 Å². The van der Waals surface area contributed by atoms with E-state index in [1.54, 1.807) is 0 Å². The van der Waals surface area contributed by atoms with Gasteiger partial charge in [0.1, 0.15) is 7.49 Å². The highest BCUT2D eigenvalue weighted by atomic mass is 31.2. The average molecular weight is 221 g/mol. The van der Waals surface area contributed by atoms with Gasteiger partial charge >= 0.3 is 0 Å². The molecular formula is C10H23OP2+. The monoisotopic (exact) mass is 221 g/mol. The SMILES string of the molecule is CP1CCCC[P+](C)(O)CCCC1. The van der Waals surface area contributed by atoms with Crippen molar-refractivity contribution in [1.29, 1.82) is 0 Å². The van der Waals surface area contributed by atoms with Crippen molar-refractivity contribution in [3.05, 3.63) is 0 Å². The first-order valence-electron chi connectivity index (χ1n) is 5.36. The average Bonchev–Trinajstić information content (AvgIpc) is 2.06. The molecule has 1 aliphatic rings. The van der Waals surface area contributed by atoms with Crippen molar-refractivity contribution in [1.82, 2.24) is 0 Å². The van der Waals surface area contributed by atoms with E-state index in [-0.39, 0.29) is 0 Å². The van der Waals surface area contributed by atoms with Gasteiger partial charge in [0.25, 0.3) is 0 Å². The van der Waals surface area contributed by atoms with Crippen LogP contribution in [0.3, 0.4) is 0 Å². The predicted molar refractivity (Wildman–Crippen MR) is 65.8 cm³/mol. The van der Waals surface area contributed by atoms with Crippen LogP contribution in [0.2, 0.25) is 0 Å². The van der Waals surface area contributed by atoms with Crippen molar-refractivity contribution in [3.63, 3.8) is 0 Å². The molecule has 0 unspecified atom stereocenters. The summed E-state index contributed by atoms with van der Waals surface area (Å²) in [4.78, 5) is 10.1. The summed E-state index contributed by atoms with van der Waals surface area (Å²) in [6.45, 7) is 4.55. The van der Waals surface area contributed by atoms with Crippen molar-refractivity contribution in [2.45, 2.75) is 25.7 Å². The lowest BCUT2D eigenvalue weighted by molar-refractivity contribution is 0.594. The van der Waals surface area contributed by atoms with Gasteiger partial charge in [0, 0.05) is 0 Å². The summed E-state index contributed by atoms with van der Waals surface area (Å²) >= 11 is 0. The van der Waals surface area contributed by atoms with Crippen LogP contribution in [0.5, 0.6) is 0 Å². The maximum absolute atomic E-state index is 10.1. The van der Waals surface area contributed by atoms with E-state index in [1.165, 1.54) is 38.0 Å². The summed E-state index contributed by atoms with van der Waals surface area (Å²) in [5.74, 6) is 0. The van der Waals surface area contributed by atoms with Crippen LogP contribution >= 0.6 is 15.4 Å². The van der Waals surface area contributed by atoms with Crippen LogP contribution in [0.15, 0.2) is 0 Å². The van der Waals surface area contributed by atoms with E-state index < -0.39 is 7.49 Å². The van der Waals surface area contributed by atoms with Crippen molar-refractivity contribution < 1.29 is 4.89 Å². The maximum atomic E-state index is 10.1. The molecule has 3 heteroatoms. The quantitative estimate of drug-likeness (QED) is 0.623. The molecule has 0 bridgehead atoms. The Labute approximate surface area is 84.5 Å². The van der Waals surface area contributed by atoms with Crippen LogP contribution in [0.25, 0.3) is 0 Å². The van der Waals surface area contributed by atoms with Gasteiger partial charge in [-0.15, -0.1) is 7.92 Å². The van der Waals surface area contributed by atoms with E-state index in [1.807, 2.05) is 0 Å². The first-order valence-corrected chi connectivity index (χ1v) is 10.1. The van der Waals surface area contributed by atoms with E-state index in [0.717, 1.165) is 12.3 Å². The Morgan fingerprint density at radius 2 is 1.46 bits per heavy atom. The Morgan fingerprint density at radius 3 is 1.92 bits per heavy atom. The number of hydrogen-bond acceptors (Lipinski definition) is 1. The van der Waals surface area contributed by atoms with E-state index in [0.29, 0.717) is 7.92 Å².